The number of rotatable bonds is 2. The van der Waals surface area contributed by atoms with Crippen LogP contribution in [0.5, 0.6) is 0 Å². The van der Waals surface area contributed by atoms with Crippen LogP contribution in [0, 0.1) is 11.8 Å². The summed E-state index contributed by atoms with van der Waals surface area (Å²) < 4.78 is 4.99. The molecule has 0 aromatic rings. The summed E-state index contributed by atoms with van der Waals surface area (Å²) >= 11 is 0. The number of esters is 1. The third-order valence-electron chi connectivity index (χ3n) is 2.87. The van der Waals surface area contributed by atoms with Gasteiger partial charge in [0.15, 0.2) is 0 Å². The SMILES string of the molecule is CCC(=O)C1CC2CC1C(=O)O2. The molecule has 0 aromatic carbocycles. The van der Waals surface area contributed by atoms with Gasteiger partial charge in [-0.05, 0) is 12.8 Å². The van der Waals surface area contributed by atoms with Crippen molar-refractivity contribution >= 4 is 11.8 Å². The second-order valence-corrected chi connectivity index (χ2v) is 3.56. The summed E-state index contributed by atoms with van der Waals surface area (Å²) in [7, 11) is 0. The predicted molar refractivity (Wildman–Crippen MR) is 41.4 cm³/mol. The van der Waals surface area contributed by atoms with E-state index in [-0.39, 0.29) is 29.7 Å². The first kappa shape index (κ1) is 7.77. The number of ether oxygens (including phenoxy) is 1. The molecule has 0 N–H and O–H groups in total. The molecule has 2 rings (SSSR count). The van der Waals surface area contributed by atoms with E-state index in [0.717, 1.165) is 12.8 Å². The lowest BCUT2D eigenvalue weighted by atomic mass is 9.90. The summed E-state index contributed by atoms with van der Waals surface area (Å²) in [6.07, 6.45) is 2.13. The molecule has 1 aliphatic carbocycles. The Bertz CT molecular complexity index is 234. The topological polar surface area (TPSA) is 43.4 Å². The van der Waals surface area contributed by atoms with Gasteiger partial charge in [-0.2, -0.15) is 0 Å². The molecule has 3 atom stereocenters. The molecular formula is C9H12O3. The van der Waals surface area contributed by atoms with E-state index in [1.165, 1.54) is 0 Å². The largest absolute Gasteiger partial charge is 0.462 e. The highest BCUT2D eigenvalue weighted by molar-refractivity contribution is 5.88. The molecule has 0 amide bonds. The lowest BCUT2D eigenvalue weighted by molar-refractivity contribution is -0.153. The average Bonchev–Trinajstić information content (AvgIpc) is 2.60. The van der Waals surface area contributed by atoms with Gasteiger partial charge in [0, 0.05) is 12.3 Å². The third-order valence-corrected chi connectivity index (χ3v) is 2.87. The molecule has 1 heterocycles. The van der Waals surface area contributed by atoms with Gasteiger partial charge in [0.2, 0.25) is 0 Å². The quantitative estimate of drug-likeness (QED) is 0.576. The molecule has 2 bridgehead atoms. The van der Waals surface area contributed by atoms with Crippen LogP contribution in [0.4, 0.5) is 0 Å². The first-order valence-corrected chi connectivity index (χ1v) is 4.45. The van der Waals surface area contributed by atoms with Gasteiger partial charge >= 0.3 is 5.97 Å². The van der Waals surface area contributed by atoms with Crippen molar-refractivity contribution in [3.05, 3.63) is 0 Å². The van der Waals surface area contributed by atoms with Crippen LogP contribution in [0.15, 0.2) is 0 Å². The minimum absolute atomic E-state index is 0.0266. The van der Waals surface area contributed by atoms with Gasteiger partial charge in [-0.15, -0.1) is 0 Å². The lowest BCUT2D eigenvalue weighted by Gasteiger charge is -2.18. The predicted octanol–water partition coefficient (Wildman–Crippen LogP) is 0.917. The molecule has 3 unspecified atom stereocenters. The first-order chi connectivity index (χ1) is 5.72. The average molecular weight is 168 g/mol. The lowest BCUT2D eigenvalue weighted by Crippen LogP contribution is -2.28. The summed E-state index contributed by atoms with van der Waals surface area (Å²) in [6.45, 7) is 1.85. The van der Waals surface area contributed by atoms with E-state index in [2.05, 4.69) is 0 Å². The van der Waals surface area contributed by atoms with Crippen molar-refractivity contribution in [1.82, 2.24) is 0 Å². The molecule has 1 saturated carbocycles. The zero-order chi connectivity index (χ0) is 8.72. The van der Waals surface area contributed by atoms with Crippen LogP contribution in [-0.4, -0.2) is 17.9 Å². The molecule has 12 heavy (non-hydrogen) atoms. The molecule has 1 aliphatic heterocycles. The summed E-state index contributed by atoms with van der Waals surface area (Å²) in [4.78, 5) is 22.4. The van der Waals surface area contributed by atoms with Crippen LogP contribution in [0.25, 0.3) is 0 Å². The van der Waals surface area contributed by atoms with Gasteiger partial charge in [-0.1, -0.05) is 6.92 Å². The maximum atomic E-state index is 11.3. The Hall–Kier alpha value is -0.860. The van der Waals surface area contributed by atoms with Crippen molar-refractivity contribution in [2.45, 2.75) is 32.3 Å². The fourth-order valence-electron chi connectivity index (χ4n) is 2.22. The van der Waals surface area contributed by atoms with E-state index in [1.807, 2.05) is 6.92 Å². The molecule has 2 aliphatic rings. The normalized spacial score (nSPS) is 38.4. The maximum Gasteiger partial charge on any atom is 0.310 e. The summed E-state index contributed by atoms with van der Waals surface area (Å²) in [6, 6.07) is 0. The van der Waals surface area contributed by atoms with E-state index in [1.54, 1.807) is 0 Å². The van der Waals surface area contributed by atoms with Crippen molar-refractivity contribution in [2.75, 3.05) is 0 Å². The molecule has 0 spiro atoms. The van der Waals surface area contributed by atoms with Gasteiger partial charge in [-0.25, -0.2) is 0 Å². The number of carbonyl (C=O) groups is 2. The van der Waals surface area contributed by atoms with E-state index in [0.29, 0.717) is 6.42 Å². The van der Waals surface area contributed by atoms with Crippen molar-refractivity contribution in [2.24, 2.45) is 11.8 Å². The van der Waals surface area contributed by atoms with E-state index >= 15 is 0 Å². The van der Waals surface area contributed by atoms with Crippen LogP contribution in [0.2, 0.25) is 0 Å². The molecule has 3 heteroatoms. The van der Waals surface area contributed by atoms with Crippen LogP contribution in [-0.2, 0) is 14.3 Å². The molecule has 3 nitrogen and oxygen atoms in total. The zero-order valence-corrected chi connectivity index (χ0v) is 7.08. The summed E-state index contributed by atoms with van der Waals surface area (Å²) in [5.74, 6) is -0.0686. The standard InChI is InChI=1S/C9H12O3/c1-2-8(10)6-3-5-4-7(6)9(11)12-5/h5-7H,2-4H2,1H3. The Balaban J connectivity index is 2.12. The summed E-state index contributed by atoms with van der Waals surface area (Å²) in [5, 5.41) is 0. The van der Waals surface area contributed by atoms with Crippen molar-refractivity contribution in [3.63, 3.8) is 0 Å². The highest BCUT2D eigenvalue weighted by Crippen LogP contribution is 2.41. The van der Waals surface area contributed by atoms with Crippen LogP contribution in [0.1, 0.15) is 26.2 Å². The van der Waals surface area contributed by atoms with Gasteiger partial charge in [0.25, 0.3) is 0 Å². The smallest absolute Gasteiger partial charge is 0.310 e. The van der Waals surface area contributed by atoms with Gasteiger partial charge in [-0.3, -0.25) is 9.59 Å². The fraction of sp³-hybridized carbons (Fsp3) is 0.778. The van der Waals surface area contributed by atoms with Gasteiger partial charge in [0.05, 0.1) is 5.92 Å². The molecule has 66 valence electrons. The highest BCUT2D eigenvalue weighted by atomic mass is 16.6. The Morgan fingerprint density at radius 1 is 1.58 bits per heavy atom. The maximum absolute atomic E-state index is 11.3. The Labute approximate surface area is 71.1 Å². The minimum atomic E-state index is -0.155. The fourth-order valence-corrected chi connectivity index (χ4v) is 2.22. The third kappa shape index (κ3) is 0.958. The van der Waals surface area contributed by atoms with E-state index < -0.39 is 0 Å². The first-order valence-electron chi connectivity index (χ1n) is 4.45. The number of hydrogen-bond acceptors (Lipinski definition) is 3. The second-order valence-electron chi connectivity index (χ2n) is 3.56. The van der Waals surface area contributed by atoms with E-state index in [9.17, 15) is 9.59 Å². The monoisotopic (exact) mass is 168 g/mol. The van der Waals surface area contributed by atoms with E-state index in [4.69, 9.17) is 4.74 Å². The van der Waals surface area contributed by atoms with Gasteiger partial charge in [0.1, 0.15) is 11.9 Å². The molecule has 1 saturated heterocycles. The molecule has 0 aromatic heterocycles. The summed E-state index contributed by atoms with van der Waals surface area (Å²) in [5.41, 5.74) is 0. The molecule has 2 fully saturated rings. The number of ketones is 1. The van der Waals surface area contributed by atoms with Crippen LogP contribution >= 0.6 is 0 Å². The highest BCUT2D eigenvalue weighted by Gasteiger charge is 2.49. The minimum Gasteiger partial charge on any atom is -0.462 e. The number of hydrogen-bond donors (Lipinski definition) is 0. The Morgan fingerprint density at radius 3 is 2.83 bits per heavy atom. The second kappa shape index (κ2) is 2.57. The Kier molecular flexibility index (Phi) is 1.67. The molecular weight excluding hydrogens is 156 g/mol. The van der Waals surface area contributed by atoms with Crippen molar-refractivity contribution in [1.29, 1.82) is 0 Å². The Morgan fingerprint density at radius 2 is 2.33 bits per heavy atom. The van der Waals surface area contributed by atoms with Crippen LogP contribution < -0.4 is 0 Å². The molecule has 0 radical (unpaired) electrons. The number of fused-ring (bicyclic) bond motifs is 2. The van der Waals surface area contributed by atoms with Crippen molar-refractivity contribution in [3.8, 4) is 0 Å². The zero-order valence-electron chi connectivity index (χ0n) is 7.08. The van der Waals surface area contributed by atoms with Crippen LogP contribution in [0.3, 0.4) is 0 Å². The van der Waals surface area contributed by atoms with Gasteiger partial charge < -0.3 is 4.74 Å². The number of carbonyl (C=O) groups excluding carboxylic acids is 2. The van der Waals surface area contributed by atoms with Crippen molar-refractivity contribution < 1.29 is 14.3 Å². The number of Topliss-reactive ketones (excluding diaryl/α,β-unsaturated/α-hetero) is 1.